The minimum absolute atomic E-state index is 0.155. The number of nitrogens with zero attached hydrogens (tertiary/aromatic N) is 1. The number of carbonyl (C=O) groups is 2. The topological polar surface area (TPSA) is 102 Å². The molecule has 10 heteroatoms. The molecule has 1 atom stereocenters. The Hall–Kier alpha value is -3.08. The zero-order valence-electron chi connectivity index (χ0n) is 20.0. The summed E-state index contributed by atoms with van der Waals surface area (Å²) < 4.78 is 13.9. The van der Waals surface area contributed by atoms with Crippen LogP contribution in [0.1, 0.15) is 35.3 Å². The van der Waals surface area contributed by atoms with Crippen LogP contribution in [0.5, 0.6) is 5.75 Å². The van der Waals surface area contributed by atoms with E-state index in [0.717, 1.165) is 29.0 Å². The van der Waals surface area contributed by atoms with Crippen LogP contribution in [0.25, 0.3) is 0 Å². The Bertz CT molecular complexity index is 1090. The fourth-order valence-corrected chi connectivity index (χ4v) is 4.15. The van der Waals surface area contributed by atoms with Crippen LogP contribution in [0.15, 0.2) is 54.0 Å². The summed E-state index contributed by atoms with van der Waals surface area (Å²) in [5.74, 6) is 1.19. The monoisotopic (exact) mass is 514 g/mol. The summed E-state index contributed by atoms with van der Waals surface area (Å²) in [6, 6.07) is 13.1. The maximum Gasteiger partial charge on any atom is 0.329 e. The molecule has 186 valence electrons. The highest BCUT2D eigenvalue weighted by Crippen LogP contribution is 2.22. The van der Waals surface area contributed by atoms with Gasteiger partial charge in [-0.25, -0.2) is 9.78 Å². The summed E-state index contributed by atoms with van der Waals surface area (Å²) in [5, 5.41) is 7.99. The number of anilines is 2. The lowest BCUT2D eigenvalue weighted by Crippen LogP contribution is -2.22. The van der Waals surface area contributed by atoms with Crippen molar-refractivity contribution in [2.45, 2.75) is 32.8 Å². The third kappa shape index (κ3) is 8.89. The highest BCUT2D eigenvalue weighted by Gasteiger charge is 2.13. The van der Waals surface area contributed by atoms with E-state index in [1.54, 1.807) is 19.4 Å². The number of thiazole rings is 1. The molecule has 0 unspecified atom stereocenters. The molecule has 0 bridgehead atoms. The number of hydrogen-bond donors (Lipinski definition) is 3. The fraction of sp³-hybridized carbons (Fsp3) is 0.320. The molecule has 0 saturated carbocycles. The largest absolute Gasteiger partial charge is 0.488 e. The van der Waals surface area contributed by atoms with Crippen molar-refractivity contribution >= 4 is 46.0 Å². The SMILES string of the molecule is CCSNC(=O)Nc1ccc(CCc2cc(O[C@@H](C)COC)cc(C(=O)Nc3nccs3)c2)cc1. The number of methoxy groups -OCH3 is 1. The van der Waals surface area contributed by atoms with Gasteiger partial charge in [0.25, 0.3) is 5.91 Å². The van der Waals surface area contributed by atoms with Gasteiger partial charge in [-0.1, -0.05) is 19.1 Å². The number of hydrogen-bond acceptors (Lipinski definition) is 7. The van der Waals surface area contributed by atoms with Crippen LogP contribution < -0.4 is 20.1 Å². The van der Waals surface area contributed by atoms with Crippen LogP contribution in [0.2, 0.25) is 0 Å². The molecule has 3 N–H and O–H groups in total. The number of urea groups is 1. The molecule has 1 aromatic heterocycles. The summed E-state index contributed by atoms with van der Waals surface area (Å²) >= 11 is 2.71. The van der Waals surface area contributed by atoms with Gasteiger partial charge in [0.1, 0.15) is 11.9 Å². The minimum atomic E-state index is -0.243. The standard InChI is InChI=1S/C25H30N4O4S2/c1-4-35-29-24(31)27-21-9-7-18(8-10-21)5-6-19-13-20(23(30)28-25-26-11-12-34-25)15-22(14-19)33-17(2)16-32-3/h7-15,17H,4-6,16H2,1-3H3,(H,26,28,30)(H2,27,29,31)/t17-/m0/s1. The summed E-state index contributed by atoms with van der Waals surface area (Å²) in [5.41, 5.74) is 3.33. The minimum Gasteiger partial charge on any atom is -0.488 e. The number of rotatable bonds is 12. The van der Waals surface area contributed by atoms with Gasteiger partial charge < -0.3 is 14.8 Å². The smallest absolute Gasteiger partial charge is 0.329 e. The Morgan fingerprint density at radius 3 is 2.54 bits per heavy atom. The number of aromatic nitrogens is 1. The number of benzene rings is 2. The van der Waals surface area contributed by atoms with E-state index in [1.165, 1.54) is 23.3 Å². The Kier molecular flexibility index (Phi) is 10.4. The maximum atomic E-state index is 12.8. The molecule has 3 rings (SSSR count). The molecule has 0 aliphatic carbocycles. The summed E-state index contributed by atoms with van der Waals surface area (Å²) in [4.78, 5) is 28.8. The molecule has 3 aromatic rings. The predicted molar refractivity (Wildman–Crippen MR) is 143 cm³/mol. The first-order chi connectivity index (χ1) is 17.0. The summed E-state index contributed by atoms with van der Waals surface area (Å²) in [6.45, 7) is 4.33. The zero-order valence-corrected chi connectivity index (χ0v) is 21.6. The summed E-state index contributed by atoms with van der Waals surface area (Å²) in [7, 11) is 1.63. The Labute approximate surface area is 214 Å². The molecule has 0 aliphatic heterocycles. The van der Waals surface area contributed by atoms with Gasteiger partial charge in [0.15, 0.2) is 5.13 Å². The van der Waals surface area contributed by atoms with Crippen molar-refractivity contribution in [1.82, 2.24) is 9.71 Å². The van der Waals surface area contributed by atoms with E-state index in [4.69, 9.17) is 9.47 Å². The Balaban J connectivity index is 1.68. The molecule has 0 aliphatic rings. The van der Waals surface area contributed by atoms with E-state index >= 15 is 0 Å². The highest BCUT2D eigenvalue weighted by atomic mass is 32.2. The van der Waals surface area contributed by atoms with E-state index in [1.807, 2.05) is 55.6 Å². The van der Waals surface area contributed by atoms with Crippen LogP contribution in [-0.2, 0) is 17.6 Å². The molecule has 1 heterocycles. The Morgan fingerprint density at radius 1 is 1.09 bits per heavy atom. The number of carbonyl (C=O) groups excluding carboxylic acids is 2. The van der Waals surface area contributed by atoms with Gasteiger partial charge in [0, 0.05) is 35.7 Å². The second-order valence-electron chi connectivity index (χ2n) is 7.73. The molecule has 35 heavy (non-hydrogen) atoms. The molecular weight excluding hydrogens is 484 g/mol. The van der Waals surface area contributed by atoms with Crippen molar-refractivity contribution in [3.05, 3.63) is 70.7 Å². The first-order valence-corrected chi connectivity index (χ1v) is 13.1. The van der Waals surface area contributed by atoms with Gasteiger partial charge >= 0.3 is 6.03 Å². The highest BCUT2D eigenvalue weighted by molar-refractivity contribution is 7.97. The van der Waals surface area contributed by atoms with E-state index in [0.29, 0.717) is 29.5 Å². The molecule has 3 amide bonds. The van der Waals surface area contributed by atoms with Crippen LogP contribution in [0, 0.1) is 0 Å². The normalized spacial score (nSPS) is 11.5. The molecule has 0 spiro atoms. The first kappa shape index (κ1) is 26.5. The van der Waals surface area contributed by atoms with Gasteiger partial charge in [-0.3, -0.25) is 14.8 Å². The van der Waals surface area contributed by atoms with Crippen molar-refractivity contribution in [1.29, 1.82) is 0 Å². The van der Waals surface area contributed by atoms with Gasteiger partial charge in [0.05, 0.1) is 6.61 Å². The Morgan fingerprint density at radius 2 is 1.86 bits per heavy atom. The van der Waals surface area contributed by atoms with E-state index < -0.39 is 0 Å². The molecular formula is C25H30N4O4S2. The van der Waals surface area contributed by atoms with Gasteiger partial charge in [-0.15, -0.1) is 11.3 Å². The molecule has 0 radical (unpaired) electrons. The first-order valence-electron chi connectivity index (χ1n) is 11.2. The third-order valence-electron chi connectivity index (χ3n) is 4.84. The third-order valence-corrected chi connectivity index (χ3v) is 6.15. The second-order valence-corrected chi connectivity index (χ2v) is 9.69. The quantitative estimate of drug-likeness (QED) is 0.280. The maximum absolute atomic E-state index is 12.8. The number of nitrogens with one attached hydrogen (secondary N) is 3. The van der Waals surface area contributed by atoms with Crippen LogP contribution in [0.4, 0.5) is 15.6 Å². The number of aryl methyl sites for hydroxylation is 2. The van der Waals surface area contributed by atoms with Crippen LogP contribution in [0.3, 0.4) is 0 Å². The number of ether oxygens (including phenoxy) is 2. The molecule has 8 nitrogen and oxygen atoms in total. The average molecular weight is 515 g/mol. The lowest BCUT2D eigenvalue weighted by molar-refractivity contribution is 0.0916. The predicted octanol–water partition coefficient (Wildman–Crippen LogP) is 5.38. The molecule has 0 fully saturated rings. The zero-order chi connectivity index (χ0) is 25.0. The molecule has 0 saturated heterocycles. The average Bonchev–Trinajstić information content (AvgIpc) is 3.35. The lowest BCUT2D eigenvalue weighted by atomic mass is 10.0. The molecule has 2 aromatic carbocycles. The van der Waals surface area contributed by atoms with Gasteiger partial charge in [-0.05, 0) is 73.2 Å². The van der Waals surface area contributed by atoms with Gasteiger partial charge in [-0.2, -0.15) is 0 Å². The second kappa shape index (κ2) is 13.7. The van der Waals surface area contributed by atoms with E-state index in [9.17, 15) is 9.59 Å². The van der Waals surface area contributed by atoms with E-state index in [-0.39, 0.29) is 18.0 Å². The lowest BCUT2D eigenvalue weighted by Gasteiger charge is -2.16. The fourth-order valence-electron chi connectivity index (χ4n) is 3.30. The van der Waals surface area contributed by atoms with Crippen molar-refractivity contribution in [3.63, 3.8) is 0 Å². The van der Waals surface area contributed by atoms with Gasteiger partial charge in [0.2, 0.25) is 0 Å². The number of amides is 3. The summed E-state index contributed by atoms with van der Waals surface area (Å²) in [6.07, 6.45) is 2.98. The van der Waals surface area contributed by atoms with Crippen molar-refractivity contribution in [2.75, 3.05) is 30.1 Å². The van der Waals surface area contributed by atoms with Crippen molar-refractivity contribution < 1.29 is 19.1 Å². The van der Waals surface area contributed by atoms with Crippen LogP contribution in [-0.4, -0.2) is 42.5 Å². The van der Waals surface area contributed by atoms with Crippen molar-refractivity contribution in [3.8, 4) is 5.75 Å². The van der Waals surface area contributed by atoms with Crippen LogP contribution >= 0.6 is 23.3 Å². The van der Waals surface area contributed by atoms with E-state index in [2.05, 4.69) is 20.3 Å². The van der Waals surface area contributed by atoms with Crippen molar-refractivity contribution in [2.24, 2.45) is 0 Å².